The van der Waals surface area contributed by atoms with E-state index in [0.717, 1.165) is 23.9 Å². The molecule has 5 heteroatoms. The summed E-state index contributed by atoms with van der Waals surface area (Å²) in [6.07, 6.45) is 8.19. The average Bonchev–Trinajstić information content (AvgIpc) is 3.27. The number of piperidine rings is 2. The van der Waals surface area contributed by atoms with Crippen molar-refractivity contribution in [2.24, 2.45) is 5.92 Å². The van der Waals surface area contributed by atoms with Crippen molar-refractivity contribution in [1.29, 1.82) is 0 Å². The number of rotatable bonds is 8. The van der Waals surface area contributed by atoms with Gasteiger partial charge in [0.1, 0.15) is 0 Å². The Bertz CT molecular complexity index is 1170. The van der Waals surface area contributed by atoms with E-state index in [9.17, 15) is 0 Å². The fourth-order valence-corrected chi connectivity index (χ4v) is 6.59. The zero-order valence-corrected chi connectivity index (χ0v) is 23.6. The van der Waals surface area contributed by atoms with Crippen molar-refractivity contribution < 1.29 is 4.74 Å². The van der Waals surface area contributed by atoms with E-state index >= 15 is 0 Å². The lowest BCUT2D eigenvalue weighted by molar-refractivity contribution is 0.0828. The Morgan fingerprint density at radius 1 is 0.973 bits per heavy atom. The van der Waals surface area contributed by atoms with E-state index < -0.39 is 0 Å². The second-order valence-corrected chi connectivity index (χ2v) is 11.9. The number of aryl methyl sites for hydroxylation is 1. The van der Waals surface area contributed by atoms with Gasteiger partial charge in [-0.3, -0.25) is 0 Å². The second-order valence-electron chi connectivity index (χ2n) is 11.9. The van der Waals surface area contributed by atoms with E-state index in [0.29, 0.717) is 11.8 Å². The number of nitrogens with zero attached hydrogens (tertiary/aromatic N) is 3. The molecule has 3 aromatic rings. The molecule has 4 heterocycles. The van der Waals surface area contributed by atoms with Gasteiger partial charge in [-0.15, -0.1) is 0 Å². The van der Waals surface area contributed by atoms with Crippen LogP contribution >= 0.6 is 0 Å². The van der Waals surface area contributed by atoms with Gasteiger partial charge in [-0.2, -0.15) is 0 Å². The number of likely N-dealkylation sites (tertiary alicyclic amines) is 2. The van der Waals surface area contributed by atoms with Crippen molar-refractivity contribution in [3.05, 3.63) is 47.7 Å². The van der Waals surface area contributed by atoms with Gasteiger partial charge in [-0.05, 0) is 113 Å². The van der Waals surface area contributed by atoms with Crippen LogP contribution in [0, 0.1) is 5.92 Å². The number of aromatic nitrogens is 2. The van der Waals surface area contributed by atoms with Crippen LogP contribution in [0.1, 0.15) is 77.3 Å². The van der Waals surface area contributed by atoms with E-state index in [2.05, 4.69) is 70.9 Å². The first-order valence-corrected chi connectivity index (χ1v) is 14.6. The van der Waals surface area contributed by atoms with Crippen LogP contribution in [-0.2, 0) is 6.42 Å². The third-order valence-electron chi connectivity index (χ3n) is 8.36. The van der Waals surface area contributed by atoms with Gasteiger partial charge in [0.2, 0.25) is 5.88 Å². The van der Waals surface area contributed by atoms with Crippen LogP contribution in [-0.4, -0.2) is 64.6 Å². The Morgan fingerprint density at radius 3 is 2.41 bits per heavy atom. The SMILES string of the molecule is CCc1c(-c2ccnc(OC(C)C)c2)[nH]c2ccc(C3CCN(C4CCN(CC(C)C)CC4)CC3)cc12. The molecule has 1 N–H and O–H groups in total. The quantitative estimate of drug-likeness (QED) is 0.365. The molecule has 0 bridgehead atoms. The molecule has 2 aromatic heterocycles. The van der Waals surface area contributed by atoms with Crippen LogP contribution in [0.5, 0.6) is 5.88 Å². The minimum atomic E-state index is 0.114. The summed E-state index contributed by atoms with van der Waals surface area (Å²) >= 11 is 0. The molecule has 2 aliphatic heterocycles. The highest BCUT2D eigenvalue weighted by molar-refractivity contribution is 5.91. The van der Waals surface area contributed by atoms with Crippen molar-refractivity contribution in [2.45, 2.75) is 84.8 Å². The minimum Gasteiger partial charge on any atom is -0.475 e. The molecule has 5 rings (SSSR count). The molecular weight excluding hydrogens is 456 g/mol. The smallest absolute Gasteiger partial charge is 0.214 e. The molecule has 0 saturated carbocycles. The number of hydrogen-bond donors (Lipinski definition) is 1. The van der Waals surface area contributed by atoms with Crippen molar-refractivity contribution in [2.75, 3.05) is 32.7 Å². The second kappa shape index (κ2) is 11.6. The first-order valence-electron chi connectivity index (χ1n) is 14.6. The summed E-state index contributed by atoms with van der Waals surface area (Å²) in [5.74, 6) is 2.12. The van der Waals surface area contributed by atoms with E-state index in [4.69, 9.17) is 4.74 Å². The molecule has 0 spiro atoms. The maximum absolute atomic E-state index is 5.86. The van der Waals surface area contributed by atoms with Gasteiger partial charge in [0.15, 0.2) is 0 Å². The highest BCUT2D eigenvalue weighted by atomic mass is 16.5. The van der Waals surface area contributed by atoms with E-state index in [1.54, 1.807) is 0 Å². The van der Waals surface area contributed by atoms with Gasteiger partial charge in [0.25, 0.3) is 0 Å². The van der Waals surface area contributed by atoms with E-state index in [-0.39, 0.29) is 6.10 Å². The number of nitrogens with one attached hydrogen (secondary N) is 1. The molecule has 0 amide bonds. The van der Waals surface area contributed by atoms with Crippen molar-refractivity contribution in [1.82, 2.24) is 19.8 Å². The number of hydrogen-bond acceptors (Lipinski definition) is 4. The molecule has 5 nitrogen and oxygen atoms in total. The average molecular weight is 503 g/mol. The Morgan fingerprint density at radius 2 is 1.73 bits per heavy atom. The highest BCUT2D eigenvalue weighted by Crippen LogP contribution is 2.36. The van der Waals surface area contributed by atoms with Crippen LogP contribution in [0.25, 0.3) is 22.2 Å². The number of aromatic amines is 1. The lowest BCUT2D eigenvalue weighted by Crippen LogP contribution is -2.48. The van der Waals surface area contributed by atoms with Crippen molar-refractivity contribution in [3.8, 4) is 17.1 Å². The van der Waals surface area contributed by atoms with E-state index in [1.807, 2.05) is 20.0 Å². The molecule has 37 heavy (non-hydrogen) atoms. The zero-order valence-electron chi connectivity index (χ0n) is 23.6. The minimum absolute atomic E-state index is 0.114. The number of pyridine rings is 1. The molecule has 2 fully saturated rings. The fraction of sp³-hybridized carbons (Fsp3) is 0.594. The Balaban J connectivity index is 1.27. The first kappa shape index (κ1) is 26.2. The van der Waals surface area contributed by atoms with Gasteiger partial charge >= 0.3 is 0 Å². The van der Waals surface area contributed by atoms with Gasteiger partial charge in [-0.1, -0.05) is 26.8 Å². The van der Waals surface area contributed by atoms with Crippen LogP contribution < -0.4 is 4.74 Å². The molecule has 200 valence electrons. The molecule has 0 atom stereocenters. The summed E-state index contributed by atoms with van der Waals surface area (Å²) in [6, 6.07) is 12.1. The van der Waals surface area contributed by atoms with Crippen LogP contribution in [0.4, 0.5) is 0 Å². The summed E-state index contributed by atoms with van der Waals surface area (Å²) in [6.45, 7) is 17.3. The molecule has 0 radical (unpaired) electrons. The van der Waals surface area contributed by atoms with Gasteiger partial charge in [0, 0.05) is 47.0 Å². The number of benzene rings is 1. The molecule has 0 unspecified atom stereocenters. The first-order chi connectivity index (χ1) is 17.9. The van der Waals surface area contributed by atoms with Crippen molar-refractivity contribution in [3.63, 3.8) is 0 Å². The van der Waals surface area contributed by atoms with Crippen LogP contribution in [0.3, 0.4) is 0 Å². The topological polar surface area (TPSA) is 44.4 Å². The summed E-state index contributed by atoms with van der Waals surface area (Å²) in [5, 5.41) is 1.37. The Hall–Kier alpha value is -2.37. The molecule has 0 aliphatic carbocycles. The lowest BCUT2D eigenvalue weighted by atomic mass is 9.87. The monoisotopic (exact) mass is 502 g/mol. The summed E-state index contributed by atoms with van der Waals surface area (Å²) in [5.41, 5.74) is 6.48. The maximum Gasteiger partial charge on any atom is 0.214 e. The summed E-state index contributed by atoms with van der Waals surface area (Å²) in [4.78, 5) is 13.6. The van der Waals surface area contributed by atoms with Gasteiger partial charge in [0.05, 0.1) is 6.10 Å². The Labute approximate surface area is 223 Å². The highest BCUT2D eigenvalue weighted by Gasteiger charge is 2.29. The van der Waals surface area contributed by atoms with Gasteiger partial charge in [-0.25, -0.2) is 4.98 Å². The summed E-state index contributed by atoms with van der Waals surface area (Å²) in [7, 11) is 0. The summed E-state index contributed by atoms with van der Waals surface area (Å²) < 4.78 is 5.86. The van der Waals surface area contributed by atoms with Crippen molar-refractivity contribution >= 4 is 10.9 Å². The fourth-order valence-electron chi connectivity index (χ4n) is 6.59. The lowest BCUT2D eigenvalue weighted by Gasteiger charge is -2.42. The number of fused-ring (bicyclic) bond motifs is 1. The van der Waals surface area contributed by atoms with Crippen LogP contribution in [0.15, 0.2) is 36.5 Å². The standard InChI is InChI=1S/C32H46N4O/c1-6-28-29-19-25(7-8-30(29)34-32(28)26-9-14-33-31(20-26)37-23(4)5)24-10-17-36(18-11-24)27-12-15-35(16-13-27)21-22(2)3/h7-9,14,19-20,22-24,27,34H,6,10-13,15-18,21H2,1-5H3. The number of ether oxygens (including phenoxy) is 1. The molecule has 2 saturated heterocycles. The van der Waals surface area contributed by atoms with Gasteiger partial charge < -0.3 is 19.5 Å². The normalized spacial score (nSPS) is 18.9. The predicted octanol–water partition coefficient (Wildman–Crippen LogP) is 6.88. The predicted molar refractivity (Wildman–Crippen MR) is 155 cm³/mol. The molecule has 1 aromatic carbocycles. The van der Waals surface area contributed by atoms with E-state index in [1.165, 1.54) is 86.1 Å². The molecular formula is C32H46N4O. The maximum atomic E-state index is 5.86. The molecule has 2 aliphatic rings. The van der Waals surface area contributed by atoms with Crippen LogP contribution in [0.2, 0.25) is 0 Å². The Kier molecular flexibility index (Phi) is 8.21. The number of H-pyrrole nitrogens is 1. The zero-order chi connectivity index (χ0) is 25.9. The largest absolute Gasteiger partial charge is 0.475 e. The third kappa shape index (κ3) is 6.04. The third-order valence-corrected chi connectivity index (χ3v) is 8.36.